The molecule has 0 aliphatic heterocycles. The van der Waals surface area contributed by atoms with Crippen LogP contribution in [-0.2, 0) is 11.2 Å². The monoisotopic (exact) mass is 212 g/mol. The number of thiophene rings is 1. The van der Waals surface area contributed by atoms with Crippen molar-refractivity contribution in [2.24, 2.45) is 11.7 Å². The summed E-state index contributed by atoms with van der Waals surface area (Å²) in [7, 11) is 0. The first-order valence-electron chi connectivity index (χ1n) is 4.73. The van der Waals surface area contributed by atoms with Gasteiger partial charge in [-0.15, -0.1) is 0 Å². The quantitative estimate of drug-likeness (QED) is 0.765. The molecular formula is C10H16N2OS. The molecule has 4 heteroatoms. The Kier molecular flexibility index (Phi) is 4.62. The molecule has 0 radical (unpaired) electrons. The molecule has 1 rings (SSSR count). The summed E-state index contributed by atoms with van der Waals surface area (Å²) < 4.78 is 0. The zero-order chi connectivity index (χ0) is 10.4. The summed E-state index contributed by atoms with van der Waals surface area (Å²) >= 11 is 1.68. The predicted octanol–water partition coefficient (Wildman–Crippen LogP) is 1.00. The average molecular weight is 212 g/mol. The molecule has 1 aromatic heterocycles. The second kappa shape index (κ2) is 5.78. The summed E-state index contributed by atoms with van der Waals surface area (Å²) in [6.45, 7) is 2.93. The van der Waals surface area contributed by atoms with Crippen molar-refractivity contribution < 1.29 is 4.79 Å². The van der Waals surface area contributed by atoms with Crippen LogP contribution >= 0.6 is 11.3 Å². The second-order valence-corrected chi connectivity index (χ2v) is 4.09. The molecule has 14 heavy (non-hydrogen) atoms. The maximum Gasteiger partial charge on any atom is 0.224 e. The molecule has 1 amide bonds. The molecule has 1 atom stereocenters. The summed E-state index contributed by atoms with van der Waals surface area (Å²) in [5.41, 5.74) is 6.65. The first-order valence-corrected chi connectivity index (χ1v) is 5.67. The zero-order valence-corrected chi connectivity index (χ0v) is 9.14. The molecule has 1 heterocycles. The first kappa shape index (κ1) is 11.2. The molecule has 0 aromatic carbocycles. The number of nitrogens with two attached hydrogens (primary N) is 1. The van der Waals surface area contributed by atoms with Gasteiger partial charge in [0.2, 0.25) is 5.91 Å². The molecule has 0 fully saturated rings. The lowest BCUT2D eigenvalue weighted by Gasteiger charge is -2.08. The lowest BCUT2D eigenvalue weighted by Crippen LogP contribution is -2.34. The van der Waals surface area contributed by atoms with E-state index in [2.05, 4.69) is 16.8 Å². The molecule has 0 aliphatic rings. The van der Waals surface area contributed by atoms with Crippen LogP contribution in [0.3, 0.4) is 0 Å². The lowest BCUT2D eigenvalue weighted by atomic mass is 10.1. The van der Waals surface area contributed by atoms with Crippen LogP contribution in [0.25, 0.3) is 0 Å². The molecule has 0 saturated carbocycles. The number of carbonyl (C=O) groups excluding carboxylic acids is 1. The fraction of sp³-hybridized carbons (Fsp3) is 0.500. The van der Waals surface area contributed by atoms with Gasteiger partial charge in [0.05, 0.1) is 0 Å². The molecule has 78 valence electrons. The lowest BCUT2D eigenvalue weighted by molar-refractivity contribution is -0.124. The van der Waals surface area contributed by atoms with Gasteiger partial charge in [-0.05, 0) is 28.8 Å². The highest BCUT2D eigenvalue weighted by molar-refractivity contribution is 7.07. The Labute approximate surface area is 88.3 Å². The van der Waals surface area contributed by atoms with E-state index in [1.54, 1.807) is 11.3 Å². The van der Waals surface area contributed by atoms with Crippen molar-refractivity contribution in [3.8, 4) is 0 Å². The van der Waals surface area contributed by atoms with Gasteiger partial charge in [-0.3, -0.25) is 4.79 Å². The molecule has 0 saturated heterocycles. The third-order valence-electron chi connectivity index (χ3n) is 2.09. The number of nitrogens with one attached hydrogen (secondary N) is 1. The topological polar surface area (TPSA) is 55.1 Å². The van der Waals surface area contributed by atoms with E-state index in [4.69, 9.17) is 5.73 Å². The summed E-state index contributed by atoms with van der Waals surface area (Å²) in [4.78, 5) is 11.3. The van der Waals surface area contributed by atoms with E-state index in [9.17, 15) is 4.79 Å². The van der Waals surface area contributed by atoms with Gasteiger partial charge in [0, 0.05) is 19.0 Å². The Hall–Kier alpha value is -0.870. The summed E-state index contributed by atoms with van der Waals surface area (Å²) in [5, 5.41) is 6.99. The van der Waals surface area contributed by atoms with Crippen molar-refractivity contribution in [3.05, 3.63) is 22.4 Å². The van der Waals surface area contributed by atoms with Gasteiger partial charge in [-0.25, -0.2) is 0 Å². The third kappa shape index (κ3) is 3.47. The average Bonchev–Trinajstić information content (AvgIpc) is 2.69. The smallest absolute Gasteiger partial charge is 0.224 e. The van der Waals surface area contributed by atoms with Gasteiger partial charge in [-0.2, -0.15) is 11.3 Å². The SMILES string of the molecule is CC(CN)C(=O)NCCc1ccsc1. The third-order valence-corrected chi connectivity index (χ3v) is 2.83. The minimum absolute atomic E-state index is 0.0442. The van der Waals surface area contributed by atoms with E-state index in [-0.39, 0.29) is 11.8 Å². The highest BCUT2D eigenvalue weighted by Gasteiger charge is 2.09. The predicted molar refractivity (Wildman–Crippen MR) is 59.3 cm³/mol. The van der Waals surface area contributed by atoms with E-state index in [0.717, 1.165) is 6.42 Å². The maximum absolute atomic E-state index is 11.3. The molecule has 3 nitrogen and oxygen atoms in total. The van der Waals surface area contributed by atoms with Gasteiger partial charge in [0.25, 0.3) is 0 Å². The fourth-order valence-electron chi connectivity index (χ4n) is 1.05. The van der Waals surface area contributed by atoms with Crippen molar-refractivity contribution in [1.29, 1.82) is 0 Å². The van der Waals surface area contributed by atoms with E-state index in [0.29, 0.717) is 13.1 Å². The van der Waals surface area contributed by atoms with Gasteiger partial charge in [-0.1, -0.05) is 6.92 Å². The van der Waals surface area contributed by atoms with Crippen LogP contribution in [0.5, 0.6) is 0 Å². The van der Waals surface area contributed by atoms with Gasteiger partial charge in [0.15, 0.2) is 0 Å². The van der Waals surface area contributed by atoms with E-state index < -0.39 is 0 Å². The molecular weight excluding hydrogens is 196 g/mol. The van der Waals surface area contributed by atoms with Crippen molar-refractivity contribution in [3.63, 3.8) is 0 Å². The standard InChI is InChI=1S/C10H16N2OS/c1-8(6-11)10(13)12-4-2-9-3-5-14-7-9/h3,5,7-8H,2,4,6,11H2,1H3,(H,12,13). The molecule has 0 spiro atoms. The van der Waals surface area contributed by atoms with Crippen molar-refractivity contribution in [1.82, 2.24) is 5.32 Å². The number of hydrogen-bond acceptors (Lipinski definition) is 3. The zero-order valence-electron chi connectivity index (χ0n) is 8.32. The minimum Gasteiger partial charge on any atom is -0.355 e. The maximum atomic E-state index is 11.3. The Morgan fingerprint density at radius 1 is 1.71 bits per heavy atom. The van der Waals surface area contributed by atoms with Gasteiger partial charge in [0.1, 0.15) is 0 Å². The number of rotatable bonds is 5. The number of hydrogen-bond donors (Lipinski definition) is 2. The normalized spacial score (nSPS) is 12.4. The van der Waals surface area contributed by atoms with Gasteiger partial charge < -0.3 is 11.1 Å². The Bertz CT molecular complexity index is 272. The van der Waals surface area contributed by atoms with Crippen molar-refractivity contribution in [2.75, 3.05) is 13.1 Å². The van der Waals surface area contributed by atoms with Crippen LogP contribution in [0.4, 0.5) is 0 Å². The van der Waals surface area contributed by atoms with Crippen LogP contribution in [-0.4, -0.2) is 19.0 Å². The first-order chi connectivity index (χ1) is 6.74. The highest BCUT2D eigenvalue weighted by atomic mass is 32.1. The van der Waals surface area contributed by atoms with Crippen LogP contribution in [0.2, 0.25) is 0 Å². The summed E-state index contributed by atoms with van der Waals surface area (Å²) in [6.07, 6.45) is 0.895. The van der Waals surface area contributed by atoms with Crippen molar-refractivity contribution in [2.45, 2.75) is 13.3 Å². The summed E-state index contributed by atoms with van der Waals surface area (Å²) in [5.74, 6) is -0.0415. The molecule has 0 bridgehead atoms. The molecule has 1 unspecified atom stereocenters. The largest absolute Gasteiger partial charge is 0.355 e. The van der Waals surface area contributed by atoms with Gasteiger partial charge >= 0.3 is 0 Å². The second-order valence-electron chi connectivity index (χ2n) is 3.31. The molecule has 1 aromatic rings. The van der Waals surface area contributed by atoms with E-state index in [1.807, 2.05) is 12.3 Å². The molecule has 0 aliphatic carbocycles. The Morgan fingerprint density at radius 2 is 2.50 bits per heavy atom. The Balaban J connectivity index is 2.18. The van der Waals surface area contributed by atoms with Crippen LogP contribution in [0, 0.1) is 5.92 Å². The molecule has 3 N–H and O–H groups in total. The summed E-state index contributed by atoms with van der Waals surface area (Å²) in [6, 6.07) is 2.07. The van der Waals surface area contributed by atoms with Crippen LogP contribution in [0.1, 0.15) is 12.5 Å². The minimum atomic E-state index is -0.0857. The fourth-order valence-corrected chi connectivity index (χ4v) is 1.75. The van der Waals surface area contributed by atoms with Crippen LogP contribution < -0.4 is 11.1 Å². The number of amides is 1. The number of carbonyl (C=O) groups is 1. The van der Waals surface area contributed by atoms with E-state index >= 15 is 0 Å². The highest BCUT2D eigenvalue weighted by Crippen LogP contribution is 2.05. The Morgan fingerprint density at radius 3 is 3.07 bits per heavy atom. The van der Waals surface area contributed by atoms with E-state index in [1.165, 1.54) is 5.56 Å². The van der Waals surface area contributed by atoms with Crippen molar-refractivity contribution >= 4 is 17.2 Å². The van der Waals surface area contributed by atoms with Crippen LogP contribution in [0.15, 0.2) is 16.8 Å².